The van der Waals surface area contributed by atoms with E-state index in [4.69, 9.17) is 16.3 Å². The third kappa shape index (κ3) is 4.08. The van der Waals surface area contributed by atoms with Crippen molar-refractivity contribution in [2.24, 2.45) is 0 Å². The van der Waals surface area contributed by atoms with Crippen molar-refractivity contribution in [1.82, 2.24) is 14.5 Å². The monoisotopic (exact) mass is 457 g/mol. The molecule has 0 unspecified atom stereocenters. The molecule has 1 aromatic carbocycles. The van der Waals surface area contributed by atoms with Gasteiger partial charge in [-0.2, -0.15) is 0 Å². The van der Waals surface area contributed by atoms with E-state index in [2.05, 4.69) is 4.98 Å². The Kier molecular flexibility index (Phi) is 6.11. The van der Waals surface area contributed by atoms with Crippen molar-refractivity contribution in [3.8, 4) is 5.75 Å². The highest BCUT2D eigenvalue weighted by atomic mass is 35.5. The minimum atomic E-state index is -0.722. The number of amides is 1. The van der Waals surface area contributed by atoms with Gasteiger partial charge < -0.3 is 19.3 Å². The summed E-state index contributed by atoms with van der Waals surface area (Å²) in [7, 11) is 1.46. The summed E-state index contributed by atoms with van der Waals surface area (Å²) in [5.41, 5.74) is 0.309. The number of benzene rings is 1. The van der Waals surface area contributed by atoms with Gasteiger partial charge >= 0.3 is 0 Å². The number of imidazole rings is 1. The quantitative estimate of drug-likeness (QED) is 0.328. The number of rotatable bonds is 7. The van der Waals surface area contributed by atoms with Crippen molar-refractivity contribution in [3.63, 3.8) is 0 Å². The predicted octanol–water partition coefficient (Wildman–Crippen LogP) is 4.12. The van der Waals surface area contributed by atoms with Gasteiger partial charge in [-0.1, -0.05) is 17.7 Å². The summed E-state index contributed by atoms with van der Waals surface area (Å²) >= 11 is 7.54. The Morgan fingerprint density at radius 2 is 2.13 bits per heavy atom. The molecule has 1 amide bonds. The van der Waals surface area contributed by atoms with Gasteiger partial charge in [0.05, 0.1) is 30.6 Å². The number of Topliss-reactive ketones (excluding diaryl/α,β-unsaturated/α-hetero) is 1. The molecule has 1 N–H and O–H groups in total. The number of aromatic nitrogens is 2. The van der Waals surface area contributed by atoms with Crippen LogP contribution in [0.1, 0.15) is 22.9 Å². The maximum atomic E-state index is 13.0. The van der Waals surface area contributed by atoms with E-state index < -0.39 is 17.7 Å². The SMILES string of the molecule is COc1ccc(Cl)cc1C(O)=C1C(=O)C(=O)N(CCCn2ccnc2)[C@@H]1c1cccs1. The van der Waals surface area contributed by atoms with E-state index in [0.29, 0.717) is 30.3 Å². The number of aliphatic hydroxyl groups is 1. The van der Waals surface area contributed by atoms with Crippen LogP contribution >= 0.6 is 22.9 Å². The van der Waals surface area contributed by atoms with Gasteiger partial charge in [0.15, 0.2) is 0 Å². The molecule has 160 valence electrons. The lowest BCUT2D eigenvalue weighted by Gasteiger charge is -2.24. The van der Waals surface area contributed by atoms with Crippen molar-refractivity contribution in [2.45, 2.75) is 19.0 Å². The minimum Gasteiger partial charge on any atom is -0.507 e. The average molecular weight is 458 g/mol. The molecule has 31 heavy (non-hydrogen) atoms. The van der Waals surface area contributed by atoms with Gasteiger partial charge in [-0.05, 0) is 36.1 Å². The molecule has 0 aliphatic carbocycles. The lowest BCUT2D eigenvalue weighted by molar-refractivity contribution is -0.139. The number of likely N-dealkylation sites (tertiary alicyclic amines) is 1. The number of halogens is 1. The second-order valence-corrected chi connectivity index (χ2v) is 8.42. The van der Waals surface area contributed by atoms with Gasteiger partial charge in [0, 0.05) is 35.4 Å². The van der Waals surface area contributed by atoms with Gasteiger partial charge in [0.25, 0.3) is 11.7 Å². The van der Waals surface area contributed by atoms with Gasteiger partial charge in [-0.15, -0.1) is 11.3 Å². The van der Waals surface area contributed by atoms with Crippen molar-refractivity contribution in [2.75, 3.05) is 13.7 Å². The molecule has 0 saturated carbocycles. The normalized spacial score (nSPS) is 18.0. The number of carbonyl (C=O) groups excluding carboxylic acids is 2. The van der Waals surface area contributed by atoms with Crippen LogP contribution in [-0.4, -0.2) is 44.9 Å². The van der Waals surface area contributed by atoms with Crippen LogP contribution in [0.15, 0.2) is 60.0 Å². The number of ether oxygens (including phenoxy) is 1. The molecule has 0 radical (unpaired) electrons. The second-order valence-electron chi connectivity index (χ2n) is 7.01. The van der Waals surface area contributed by atoms with Gasteiger partial charge in [-0.25, -0.2) is 4.98 Å². The zero-order chi connectivity index (χ0) is 22.0. The molecule has 1 saturated heterocycles. The molecule has 1 aliphatic rings. The fourth-order valence-electron chi connectivity index (χ4n) is 3.71. The Hall–Kier alpha value is -3.10. The van der Waals surface area contributed by atoms with Gasteiger partial charge in [-0.3, -0.25) is 9.59 Å². The standard InChI is InChI=1S/C22H20ClN3O4S/c1-30-16-6-5-14(23)12-15(16)20(27)18-19(17-4-2-11-31-17)26(22(29)21(18)28)9-3-8-25-10-7-24-13-25/h2,4-7,10-13,19,27H,3,8-9H2,1H3/t19-/m1/s1. The lowest BCUT2D eigenvalue weighted by atomic mass is 9.99. The van der Waals surface area contributed by atoms with Gasteiger partial charge in [0.1, 0.15) is 11.5 Å². The van der Waals surface area contributed by atoms with Crippen molar-refractivity contribution in [1.29, 1.82) is 0 Å². The number of ketones is 1. The predicted molar refractivity (Wildman–Crippen MR) is 118 cm³/mol. The summed E-state index contributed by atoms with van der Waals surface area (Å²) < 4.78 is 7.24. The topological polar surface area (TPSA) is 84.7 Å². The Morgan fingerprint density at radius 1 is 1.29 bits per heavy atom. The fourth-order valence-corrected chi connectivity index (χ4v) is 4.72. The van der Waals surface area contributed by atoms with E-state index in [-0.39, 0.29) is 16.9 Å². The Bertz CT molecular complexity index is 1130. The molecule has 1 aliphatic heterocycles. The first-order chi connectivity index (χ1) is 15.0. The molecular formula is C22H20ClN3O4S. The van der Waals surface area contributed by atoms with Crippen molar-refractivity contribution < 1.29 is 19.4 Å². The summed E-state index contributed by atoms with van der Waals surface area (Å²) in [6.07, 6.45) is 5.87. The molecule has 1 atom stereocenters. The first kappa shape index (κ1) is 21.1. The number of methoxy groups -OCH3 is 1. The lowest BCUT2D eigenvalue weighted by Crippen LogP contribution is -2.31. The molecule has 2 aromatic heterocycles. The number of aliphatic hydroxyl groups excluding tert-OH is 1. The van der Waals surface area contributed by atoms with Crippen molar-refractivity contribution >= 4 is 40.4 Å². The number of hydrogen-bond donors (Lipinski definition) is 1. The van der Waals surface area contributed by atoms with Crippen LogP contribution in [0.4, 0.5) is 0 Å². The Balaban J connectivity index is 1.74. The number of hydrogen-bond acceptors (Lipinski definition) is 6. The number of thiophene rings is 1. The maximum absolute atomic E-state index is 13.0. The summed E-state index contributed by atoms with van der Waals surface area (Å²) in [6, 6.07) is 7.79. The van der Waals surface area contributed by atoms with Crippen molar-refractivity contribution in [3.05, 3.63) is 75.5 Å². The summed E-state index contributed by atoms with van der Waals surface area (Å²) in [5.74, 6) is -1.29. The van der Waals surface area contributed by atoms with Crippen LogP contribution in [0.5, 0.6) is 5.75 Å². The summed E-state index contributed by atoms with van der Waals surface area (Å²) in [5, 5.41) is 13.4. The fraction of sp³-hybridized carbons (Fsp3) is 0.227. The molecule has 1 fully saturated rings. The molecule has 4 rings (SSSR count). The largest absolute Gasteiger partial charge is 0.507 e. The van der Waals surface area contributed by atoms with Crippen LogP contribution in [0, 0.1) is 0 Å². The molecule has 0 bridgehead atoms. The number of carbonyl (C=O) groups is 2. The summed E-state index contributed by atoms with van der Waals surface area (Å²) in [6.45, 7) is 1.01. The van der Waals surface area contributed by atoms with E-state index in [1.165, 1.54) is 29.4 Å². The molecule has 3 heterocycles. The number of aryl methyl sites for hydroxylation is 1. The Morgan fingerprint density at radius 3 is 2.81 bits per heavy atom. The van der Waals surface area contributed by atoms with Crippen LogP contribution in [0.25, 0.3) is 5.76 Å². The highest BCUT2D eigenvalue weighted by Gasteiger charge is 2.46. The smallest absolute Gasteiger partial charge is 0.295 e. The van der Waals surface area contributed by atoms with Crippen LogP contribution in [0.3, 0.4) is 0 Å². The first-order valence-corrected chi connectivity index (χ1v) is 10.9. The third-order valence-corrected chi connectivity index (χ3v) is 6.30. The van der Waals surface area contributed by atoms with Gasteiger partial charge in [0.2, 0.25) is 0 Å². The second kappa shape index (κ2) is 8.95. The van der Waals surface area contributed by atoms with Crippen LogP contribution in [0.2, 0.25) is 5.02 Å². The molecular weight excluding hydrogens is 438 g/mol. The zero-order valence-electron chi connectivity index (χ0n) is 16.7. The minimum absolute atomic E-state index is 0.0376. The van der Waals surface area contributed by atoms with E-state index in [1.807, 2.05) is 28.3 Å². The highest BCUT2D eigenvalue weighted by molar-refractivity contribution is 7.10. The van der Waals surface area contributed by atoms with E-state index >= 15 is 0 Å². The zero-order valence-corrected chi connectivity index (χ0v) is 18.3. The molecule has 3 aromatic rings. The Labute approximate surface area is 188 Å². The average Bonchev–Trinajstić information content (AvgIpc) is 3.52. The summed E-state index contributed by atoms with van der Waals surface area (Å²) in [4.78, 5) is 32.3. The van der Waals surface area contributed by atoms with E-state index in [9.17, 15) is 14.7 Å². The maximum Gasteiger partial charge on any atom is 0.295 e. The number of nitrogens with zero attached hydrogens (tertiary/aromatic N) is 3. The molecule has 7 nitrogen and oxygen atoms in total. The van der Waals surface area contributed by atoms with Crippen LogP contribution in [-0.2, 0) is 16.1 Å². The molecule has 0 spiro atoms. The first-order valence-electron chi connectivity index (χ1n) is 9.62. The van der Waals surface area contributed by atoms with Crippen LogP contribution < -0.4 is 4.74 Å². The molecule has 9 heteroatoms. The third-order valence-electron chi connectivity index (χ3n) is 5.14. The van der Waals surface area contributed by atoms with E-state index in [1.54, 1.807) is 24.7 Å². The highest BCUT2D eigenvalue weighted by Crippen LogP contribution is 2.42. The van der Waals surface area contributed by atoms with E-state index in [0.717, 1.165) is 4.88 Å².